The molecule has 40 nitrogen and oxygen atoms in total. The molecule has 0 spiro atoms. The van der Waals surface area contributed by atoms with Crippen LogP contribution in [0.25, 0.3) is 0 Å². The van der Waals surface area contributed by atoms with Gasteiger partial charge >= 0.3 is 66.2 Å². The van der Waals surface area contributed by atoms with Gasteiger partial charge in [0.2, 0.25) is 31.3 Å². The first-order valence-corrected chi connectivity index (χ1v) is 51.7. The number of nitrogens with zero attached hydrogens (tertiary/aromatic N) is 8. The minimum Gasteiger partial charge on any atom is -0.465 e. The van der Waals surface area contributed by atoms with E-state index in [1.807, 2.05) is 146 Å². The molecule has 2 aromatic carbocycles. The van der Waals surface area contributed by atoms with Gasteiger partial charge in [-0.15, -0.1) is 86.1 Å². The SMILES string of the molecule is CCc1nnc(NC(=O)Nc2cc(C(C)(C)C)sc2COC=O)s1.COC(=O)c1[nH]c(C(C)(C)C)cc1NC(=O)Nc1ccc(C)cc1.COC(=O)c1oc(C(C)(C)C)cc1NC(=O)Nc1ccc(Cl)c(Cl)c1.COC(=O)c1sc(C(C)(C)C)cc1NC(=O)Nc1nnc(C(F)(F)F)s1.COC(=O)c1sc(C(C)(C)C)cc1NC(=O)Nc1nnc(C2CC2)s1.Cc1nnc(NC(=O)Nc2cc(C(C)(C)C)sc2COC=O)s1. The van der Waals surface area contributed by atoms with Crippen molar-refractivity contribution >= 4 is 253 Å². The largest absolute Gasteiger partial charge is 0.465 e. The van der Waals surface area contributed by atoms with Gasteiger partial charge in [0.15, 0.2) is 0 Å². The minimum absolute atomic E-state index is 0.0622. The molecule has 0 atom stereocenters. The first-order chi connectivity index (χ1) is 68.6. The predicted molar refractivity (Wildman–Crippen MR) is 570 cm³/mol. The number of nitrogens with one attached hydrogen (secondary N) is 13. The number of anilines is 12. The highest BCUT2D eigenvalue weighted by molar-refractivity contribution is 7.17. The molecule has 10 aromatic heterocycles. The molecule has 1 saturated carbocycles. The monoisotopic (exact) mass is 2220 g/mol. The molecular weight excluding hydrogens is 2110 g/mol. The van der Waals surface area contributed by atoms with Gasteiger partial charge in [-0.05, 0) is 115 Å². The summed E-state index contributed by atoms with van der Waals surface area (Å²) < 4.78 is 71.7. The number of amides is 12. The van der Waals surface area contributed by atoms with E-state index < -0.39 is 71.2 Å². The Hall–Kier alpha value is -13.1. The Morgan fingerprint density at radius 2 is 0.810 bits per heavy atom. The number of urea groups is 6. The van der Waals surface area contributed by atoms with E-state index in [0.29, 0.717) is 89.1 Å². The molecule has 792 valence electrons. The lowest BCUT2D eigenvalue weighted by molar-refractivity contribution is -0.138. The molecule has 13 N–H and O–H groups in total. The first kappa shape index (κ1) is 119. The zero-order valence-corrected chi connectivity index (χ0v) is 92.8. The van der Waals surface area contributed by atoms with Crippen molar-refractivity contribution in [2.45, 2.75) is 222 Å². The number of H-pyrrole nitrogens is 1. The maximum atomic E-state index is 12.5. The molecule has 0 radical (unpaired) electrons. The average Bonchev–Trinajstić information content (AvgIpc) is 1.69. The summed E-state index contributed by atoms with van der Waals surface area (Å²) in [6.07, 6.45) is -1.60. The van der Waals surface area contributed by atoms with E-state index in [2.05, 4.69) is 151 Å². The Morgan fingerprint density at radius 1 is 0.408 bits per heavy atom. The smallest absolute Gasteiger partial charge is 0.445 e. The number of ether oxygens (including phenoxy) is 6. The third-order valence-corrected chi connectivity index (χ3v) is 29.9. The van der Waals surface area contributed by atoms with Crippen LogP contribution in [0.15, 0.2) is 83.3 Å². The molecule has 0 saturated heterocycles. The van der Waals surface area contributed by atoms with Crippen LogP contribution in [0.5, 0.6) is 0 Å². The van der Waals surface area contributed by atoms with Crippen LogP contribution in [0.4, 0.5) is 108 Å². The van der Waals surface area contributed by atoms with Crippen LogP contribution >= 0.6 is 114 Å². The highest BCUT2D eigenvalue weighted by Crippen LogP contribution is 2.45. The van der Waals surface area contributed by atoms with Crippen LogP contribution in [-0.2, 0) is 96.3 Å². The number of halogens is 5. The second-order valence-corrected chi connectivity index (χ2v) is 47.2. The molecule has 53 heteroatoms. The summed E-state index contributed by atoms with van der Waals surface area (Å²) in [5.74, 6) is -1.35. The lowest BCUT2D eigenvalue weighted by atomic mass is 9.92. The third-order valence-electron chi connectivity index (χ3n) is 19.4. The molecule has 0 bridgehead atoms. The zero-order valence-electron chi connectivity index (χ0n) is 84.8. The first-order valence-electron chi connectivity index (χ1n) is 44.4. The van der Waals surface area contributed by atoms with Gasteiger partial charge in [-0.3, -0.25) is 30.9 Å². The Morgan fingerprint density at radius 3 is 1.22 bits per heavy atom. The Bertz CT molecular complexity index is 6630. The van der Waals surface area contributed by atoms with Crippen LogP contribution in [-0.4, -0.2) is 147 Å². The molecule has 1 aliphatic rings. The highest BCUT2D eigenvalue weighted by Gasteiger charge is 2.37. The van der Waals surface area contributed by atoms with Gasteiger partial charge in [0.05, 0.1) is 82.4 Å². The third kappa shape index (κ3) is 36.7. The summed E-state index contributed by atoms with van der Waals surface area (Å²) in [5, 5.41) is 64.4. The number of thiophene rings is 4. The minimum atomic E-state index is -4.64. The van der Waals surface area contributed by atoms with Crippen LogP contribution in [0.1, 0.15) is 257 Å². The van der Waals surface area contributed by atoms with Gasteiger partial charge in [0, 0.05) is 59.4 Å². The van der Waals surface area contributed by atoms with E-state index in [1.165, 1.54) is 103 Å². The molecule has 147 heavy (non-hydrogen) atoms. The van der Waals surface area contributed by atoms with Crippen molar-refractivity contribution in [1.82, 2.24) is 45.8 Å². The predicted octanol–water partition coefficient (Wildman–Crippen LogP) is 25.2. The van der Waals surface area contributed by atoms with Crippen LogP contribution in [0.2, 0.25) is 10.0 Å². The van der Waals surface area contributed by atoms with E-state index in [-0.39, 0.29) is 89.9 Å². The standard InChI is InChI=1S/C18H23N3O3.C17H18Cl2N2O4.C16H20N4O3S2.C15H20N4O3S2.C14H15F3N4O3S2.C14H18N4O3S2/c1-11-6-8-12(9-7-11)19-17(23)20-13-10-14(18(2,3)4)21-15(13)16(22)24-5;1-17(2,3)13-8-12(14(25-13)15(22)24-4)21-16(23)20-9-5-6-10(18)11(19)7-9;1-16(2,3)10-7-9(11(24-10)13(21)23-4)17-14(22)18-15-20-19-12(25-15)8-5-6-8;1-5-12-18-19-14(24-12)17-13(21)16-9-6-11(15(2,3)4)23-10(9)7-22-8-20;1-13(2,3)7-5-6(8(25-7)9(22)24-4)18-11(23)19-12-21-20-10(26-12)14(15,16)17;1-8-17-18-13(22-8)16-12(20)15-9-5-11(14(2,3)4)23-10(9)6-21-7-19/h6-10,21H,1-5H3,(H2,19,20,23);5-8H,1-4H3,(H2,20,21,23);7-8H,5-6H2,1-4H3,(H2,17,18,20,22);6,8H,5,7H2,1-4H3,(H2,16,17,19,21);5H,1-4H3,(H2,18,19,21,23);5,7H,6H2,1-4H3,(H2,15,16,18,20). The summed E-state index contributed by atoms with van der Waals surface area (Å²) in [7, 11) is 5.07. The fourth-order valence-corrected chi connectivity index (χ4v) is 18.9. The Kier molecular flexibility index (Phi) is 42.1. The van der Waals surface area contributed by atoms with Crippen LogP contribution in [0, 0.1) is 13.8 Å². The average molecular weight is 2230 g/mol. The number of benzene rings is 2. The molecule has 12 amide bonds. The zero-order chi connectivity index (χ0) is 109. The van der Waals surface area contributed by atoms with Gasteiger partial charge in [-0.2, -0.15) is 13.2 Å². The van der Waals surface area contributed by atoms with Crippen LogP contribution < -0.4 is 63.8 Å². The van der Waals surface area contributed by atoms with Crippen LogP contribution in [0.3, 0.4) is 0 Å². The van der Waals surface area contributed by atoms with E-state index in [9.17, 15) is 70.7 Å². The van der Waals surface area contributed by atoms with Gasteiger partial charge in [0.1, 0.15) is 49.4 Å². The molecule has 13 rings (SSSR count). The number of furan rings is 1. The maximum Gasteiger partial charge on any atom is 0.445 e. The molecule has 0 unspecified atom stereocenters. The summed E-state index contributed by atoms with van der Waals surface area (Å²) >= 11 is 21.5. The van der Waals surface area contributed by atoms with Crippen molar-refractivity contribution < 1.29 is 104 Å². The van der Waals surface area contributed by atoms with Gasteiger partial charge in [-0.1, -0.05) is 218 Å². The molecular formula is C94H114Cl2F3N21O19S8. The summed E-state index contributed by atoms with van der Waals surface area (Å²) in [4.78, 5) is 151. The second-order valence-electron chi connectivity index (χ2n) is 37.8. The van der Waals surface area contributed by atoms with Gasteiger partial charge in [-0.25, -0.2) is 47.9 Å². The lowest BCUT2D eigenvalue weighted by Crippen LogP contribution is -2.20. The van der Waals surface area contributed by atoms with E-state index in [1.54, 1.807) is 30.3 Å². The number of hydrogen-bond donors (Lipinski definition) is 13. The Balaban J connectivity index is 0.000000215. The number of carbonyl (C=O) groups excluding carboxylic acids is 12. The number of aromatic nitrogens is 9. The van der Waals surface area contributed by atoms with Crippen molar-refractivity contribution in [3.05, 3.63) is 176 Å². The molecule has 10 heterocycles. The lowest BCUT2D eigenvalue weighted by Gasteiger charge is -2.15. The fourth-order valence-electron chi connectivity index (χ4n) is 11.5. The van der Waals surface area contributed by atoms with Crippen molar-refractivity contribution in [2.75, 3.05) is 92.2 Å². The number of aryl methyl sites for hydroxylation is 3. The van der Waals surface area contributed by atoms with Crippen molar-refractivity contribution in [3.8, 4) is 0 Å². The van der Waals surface area contributed by atoms with E-state index >= 15 is 0 Å². The molecule has 12 aromatic rings. The number of hydrogen-bond acceptors (Lipinski definition) is 35. The summed E-state index contributed by atoms with van der Waals surface area (Å²) in [6, 6.07) is 19.6. The van der Waals surface area contributed by atoms with Crippen molar-refractivity contribution in [3.63, 3.8) is 0 Å². The fraction of sp³-hybridized carbons (Fsp3) is 0.404. The summed E-state index contributed by atoms with van der Waals surface area (Å²) in [5.41, 5.74) is 4.69. The van der Waals surface area contributed by atoms with Gasteiger partial charge < -0.3 is 80.4 Å². The topological polar surface area (TPSA) is 537 Å². The van der Waals surface area contributed by atoms with Crippen molar-refractivity contribution in [2.24, 2.45) is 0 Å². The van der Waals surface area contributed by atoms with Crippen molar-refractivity contribution in [1.29, 1.82) is 0 Å². The molecule has 0 aliphatic heterocycles. The van der Waals surface area contributed by atoms with E-state index in [0.717, 1.165) is 86.1 Å². The second kappa shape index (κ2) is 51.9. The number of rotatable bonds is 24. The van der Waals surface area contributed by atoms with Gasteiger partial charge in [0.25, 0.3) is 12.9 Å². The number of esters is 4. The maximum absolute atomic E-state index is 12.5. The number of aromatic amines is 1. The number of alkyl halides is 3. The molecule has 1 fully saturated rings. The number of methoxy groups -OCH3 is 4. The highest BCUT2D eigenvalue weighted by atomic mass is 35.5. The van der Waals surface area contributed by atoms with E-state index in [4.69, 9.17) is 56.0 Å². The molecule has 1 aliphatic carbocycles. The summed E-state index contributed by atoms with van der Waals surface area (Å²) in [6.45, 7) is 43.0. The quantitative estimate of drug-likeness (QED) is 0.0152. The number of carbonyl (C=O) groups is 12. The Labute approximate surface area is 886 Å². The normalized spacial score (nSPS) is 11.8.